The topological polar surface area (TPSA) is 81.1 Å². The second-order valence-electron chi connectivity index (χ2n) is 5.35. The molecule has 1 aliphatic heterocycles. The van der Waals surface area contributed by atoms with Gasteiger partial charge in [0.2, 0.25) is 0 Å². The van der Waals surface area contributed by atoms with Gasteiger partial charge in [-0.1, -0.05) is 24.9 Å². The average molecular weight is 334 g/mol. The Morgan fingerprint density at radius 3 is 2.95 bits per heavy atom. The van der Waals surface area contributed by atoms with Gasteiger partial charge in [0.25, 0.3) is 5.56 Å². The van der Waals surface area contributed by atoms with Crippen molar-refractivity contribution in [3.8, 4) is 0 Å². The van der Waals surface area contributed by atoms with Gasteiger partial charge >= 0.3 is 0 Å². The van der Waals surface area contributed by atoms with Gasteiger partial charge in [-0.15, -0.1) is 0 Å². The Morgan fingerprint density at radius 2 is 2.29 bits per heavy atom. The van der Waals surface area contributed by atoms with Crippen molar-refractivity contribution in [2.45, 2.75) is 45.2 Å². The third-order valence-electron chi connectivity index (χ3n) is 3.53. The van der Waals surface area contributed by atoms with Crippen LogP contribution in [0, 0.1) is 0 Å². The molecule has 2 heterocycles. The first-order valence-electron chi connectivity index (χ1n) is 7.15. The molecular weight excluding hydrogens is 314 g/mol. The van der Waals surface area contributed by atoms with Crippen LogP contribution in [0.4, 0.5) is 5.69 Å². The number of nitrogens with one attached hydrogen (secondary N) is 1. The minimum absolute atomic E-state index is 0.0717. The molecule has 0 radical (unpaired) electrons. The minimum Gasteiger partial charge on any atom is -0.379 e. The van der Waals surface area contributed by atoms with Crippen LogP contribution in [0.5, 0.6) is 0 Å². The minimum atomic E-state index is -3.00. The van der Waals surface area contributed by atoms with Gasteiger partial charge < -0.3 is 5.32 Å². The van der Waals surface area contributed by atoms with Crippen molar-refractivity contribution in [1.29, 1.82) is 0 Å². The van der Waals surface area contributed by atoms with E-state index in [4.69, 9.17) is 11.6 Å². The van der Waals surface area contributed by atoms with E-state index in [1.807, 2.05) is 6.92 Å². The van der Waals surface area contributed by atoms with E-state index in [-0.39, 0.29) is 28.1 Å². The Kier molecular flexibility index (Phi) is 5.27. The van der Waals surface area contributed by atoms with E-state index in [2.05, 4.69) is 10.4 Å². The molecule has 1 saturated heterocycles. The van der Waals surface area contributed by atoms with Crippen molar-refractivity contribution < 1.29 is 8.42 Å². The summed E-state index contributed by atoms with van der Waals surface area (Å²) >= 11 is 6.08. The van der Waals surface area contributed by atoms with Crippen molar-refractivity contribution in [2.24, 2.45) is 0 Å². The fourth-order valence-corrected chi connectivity index (χ4v) is 4.23. The predicted octanol–water partition coefficient (Wildman–Crippen LogP) is 1.69. The van der Waals surface area contributed by atoms with Crippen molar-refractivity contribution in [2.75, 3.05) is 16.8 Å². The van der Waals surface area contributed by atoms with Crippen LogP contribution in [-0.4, -0.2) is 35.7 Å². The lowest BCUT2D eigenvalue weighted by Gasteiger charge is -2.24. The number of sulfone groups is 1. The zero-order valence-corrected chi connectivity index (χ0v) is 13.6. The monoisotopic (exact) mass is 333 g/mol. The predicted molar refractivity (Wildman–Crippen MR) is 83.7 cm³/mol. The summed E-state index contributed by atoms with van der Waals surface area (Å²) in [6.07, 6.45) is 4.69. The molecule has 2 rings (SSSR count). The Labute approximate surface area is 129 Å². The molecule has 1 aromatic rings. The van der Waals surface area contributed by atoms with Gasteiger partial charge in [0.15, 0.2) is 9.84 Å². The molecule has 1 atom stereocenters. The molecule has 1 aromatic heterocycles. The molecule has 0 saturated carbocycles. The van der Waals surface area contributed by atoms with Crippen LogP contribution in [0.15, 0.2) is 11.0 Å². The molecule has 0 amide bonds. The molecule has 6 nitrogen and oxygen atoms in total. The number of nitrogens with zero attached hydrogens (tertiary/aromatic N) is 2. The molecule has 0 aromatic carbocycles. The number of rotatable bonds is 5. The number of hydrogen-bond donors (Lipinski definition) is 1. The number of unbranched alkanes of at least 4 members (excludes halogenated alkanes) is 1. The first-order chi connectivity index (χ1) is 9.93. The summed E-state index contributed by atoms with van der Waals surface area (Å²) in [4.78, 5) is 12.1. The van der Waals surface area contributed by atoms with Gasteiger partial charge in [-0.05, 0) is 19.3 Å². The summed E-state index contributed by atoms with van der Waals surface area (Å²) in [5.41, 5.74) is 0.0744. The van der Waals surface area contributed by atoms with Crippen LogP contribution in [0.2, 0.25) is 5.02 Å². The normalized spacial score (nSPS) is 21.1. The summed E-state index contributed by atoms with van der Waals surface area (Å²) in [6, 6.07) is -0.214. The van der Waals surface area contributed by atoms with E-state index in [9.17, 15) is 13.2 Å². The van der Waals surface area contributed by atoms with E-state index in [0.717, 1.165) is 19.3 Å². The van der Waals surface area contributed by atoms with E-state index in [0.29, 0.717) is 18.7 Å². The van der Waals surface area contributed by atoms with Gasteiger partial charge in [0, 0.05) is 12.6 Å². The van der Waals surface area contributed by atoms with Crippen molar-refractivity contribution in [3.05, 3.63) is 21.6 Å². The average Bonchev–Trinajstić information content (AvgIpc) is 2.42. The first-order valence-corrected chi connectivity index (χ1v) is 9.35. The number of aromatic nitrogens is 2. The second kappa shape index (κ2) is 6.79. The molecule has 0 bridgehead atoms. The smallest absolute Gasteiger partial charge is 0.287 e. The lowest BCUT2D eigenvalue weighted by Crippen LogP contribution is -2.35. The molecule has 0 aliphatic carbocycles. The summed E-state index contributed by atoms with van der Waals surface area (Å²) in [7, 11) is -3.00. The lowest BCUT2D eigenvalue weighted by molar-refractivity contribution is 0.541. The molecule has 1 fully saturated rings. The molecule has 21 heavy (non-hydrogen) atoms. The van der Waals surface area contributed by atoms with Crippen LogP contribution in [-0.2, 0) is 16.4 Å². The van der Waals surface area contributed by atoms with Crippen molar-refractivity contribution >= 4 is 27.1 Å². The van der Waals surface area contributed by atoms with E-state index in [1.165, 1.54) is 10.9 Å². The van der Waals surface area contributed by atoms with Crippen LogP contribution in [0.3, 0.4) is 0 Å². The zero-order valence-electron chi connectivity index (χ0n) is 12.0. The number of hydrogen-bond acceptors (Lipinski definition) is 5. The highest BCUT2D eigenvalue weighted by atomic mass is 35.5. The van der Waals surface area contributed by atoms with Crippen molar-refractivity contribution in [3.63, 3.8) is 0 Å². The molecule has 8 heteroatoms. The Balaban J connectivity index is 2.14. The van der Waals surface area contributed by atoms with Gasteiger partial charge in [0.05, 0.1) is 23.4 Å². The summed E-state index contributed by atoms with van der Waals surface area (Å²) < 4.78 is 24.6. The maximum Gasteiger partial charge on any atom is 0.287 e. The van der Waals surface area contributed by atoms with E-state index < -0.39 is 9.84 Å². The van der Waals surface area contributed by atoms with E-state index >= 15 is 0 Å². The lowest BCUT2D eigenvalue weighted by atomic mass is 10.2. The summed E-state index contributed by atoms with van der Waals surface area (Å²) in [5, 5.41) is 7.20. The largest absolute Gasteiger partial charge is 0.379 e. The molecule has 118 valence electrons. The maximum absolute atomic E-state index is 12.1. The highest BCUT2D eigenvalue weighted by Gasteiger charge is 2.25. The van der Waals surface area contributed by atoms with Gasteiger partial charge in [-0.25, -0.2) is 13.1 Å². The van der Waals surface area contributed by atoms with Gasteiger partial charge in [-0.2, -0.15) is 5.10 Å². The molecule has 0 spiro atoms. The zero-order chi connectivity index (χ0) is 15.5. The molecule has 1 aliphatic rings. The highest BCUT2D eigenvalue weighted by Crippen LogP contribution is 2.21. The third-order valence-corrected chi connectivity index (χ3v) is 5.72. The maximum atomic E-state index is 12.1. The van der Waals surface area contributed by atoms with Crippen LogP contribution in [0.1, 0.15) is 32.6 Å². The number of halogens is 1. The highest BCUT2D eigenvalue weighted by molar-refractivity contribution is 7.91. The second-order valence-corrected chi connectivity index (χ2v) is 7.96. The van der Waals surface area contributed by atoms with E-state index in [1.54, 1.807) is 0 Å². The van der Waals surface area contributed by atoms with Gasteiger partial charge in [-0.3, -0.25) is 4.79 Å². The Hall–Kier alpha value is -1.08. The molecule has 1 N–H and O–H groups in total. The number of aryl methyl sites for hydroxylation is 1. The third kappa shape index (κ3) is 4.20. The Morgan fingerprint density at radius 1 is 1.52 bits per heavy atom. The molecular formula is C13H20ClN3O3S. The van der Waals surface area contributed by atoms with Crippen LogP contribution in [0.25, 0.3) is 0 Å². The molecule has 1 unspecified atom stereocenters. The fourth-order valence-electron chi connectivity index (χ4n) is 2.39. The van der Waals surface area contributed by atoms with Crippen LogP contribution < -0.4 is 10.9 Å². The number of anilines is 1. The summed E-state index contributed by atoms with van der Waals surface area (Å²) in [5.74, 6) is 0.304. The first kappa shape index (κ1) is 16.3. The fraction of sp³-hybridized carbons (Fsp3) is 0.692. The SMILES string of the molecule is CCCCn1ncc(NC2CCCS(=O)(=O)C2)c(Cl)c1=O. The van der Waals surface area contributed by atoms with Gasteiger partial charge in [0.1, 0.15) is 5.02 Å². The quantitative estimate of drug-likeness (QED) is 0.886. The Bertz CT molecular complexity index is 657. The summed E-state index contributed by atoms with van der Waals surface area (Å²) in [6.45, 7) is 2.57. The van der Waals surface area contributed by atoms with Crippen molar-refractivity contribution in [1.82, 2.24) is 9.78 Å². The standard InChI is InChI=1S/C13H20ClN3O3S/c1-2-3-6-17-13(18)12(14)11(8-15-17)16-10-5-4-7-21(19,20)9-10/h8,10,16H,2-7,9H2,1H3. The van der Waals surface area contributed by atoms with Crippen LogP contribution >= 0.6 is 11.6 Å².